The third kappa shape index (κ3) is 4.12. The molecule has 130 valence electrons. The molecule has 0 atom stereocenters. The third-order valence-electron chi connectivity index (χ3n) is 4.24. The minimum absolute atomic E-state index is 0.131. The third-order valence-corrected chi connectivity index (χ3v) is 4.61. The van der Waals surface area contributed by atoms with E-state index in [9.17, 15) is 9.59 Å². The van der Waals surface area contributed by atoms with Crippen LogP contribution in [-0.2, 0) is 28.9 Å². The highest BCUT2D eigenvalue weighted by Crippen LogP contribution is 2.23. The van der Waals surface area contributed by atoms with Gasteiger partial charge in [0.15, 0.2) is 0 Å². The summed E-state index contributed by atoms with van der Waals surface area (Å²) in [6, 6.07) is 13.1. The van der Waals surface area contributed by atoms with Gasteiger partial charge in [0.2, 0.25) is 5.91 Å². The number of carbonyl (C=O) groups excluding carboxylic acids is 2. The number of ether oxygens (including phenoxy) is 1. The van der Waals surface area contributed by atoms with Crippen LogP contribution in [0, 0.1) is 0 Å². The molecule has 0 fully saturated rings. The summed E-state index contributed by atoms with van der Waals surface area (Å²) in [5.74, 6) is -0.131. The Kier molecular flexibility index (Phi) is 5.24. The lowest BCUT2D eigenvalue weighted by Gasteiger charge is -2.28. The number of rotatable bonds is 3. The van der Waals surface area contributed by atoms with E-state index in [0.717, 1.165) is 17.5 Å². The van der Waals surface area contributed by atoms with Gasteiger partial charge in [-0.25, -0.2) is 4.79 Å². The Bertz CT molecular complexity index is 807. The van der Waals surface area contributed by atoms with Crippen LogP contribution in [0.15, 0.2) is 42.5 Å². The smallest absolute Gasteiger partial charge is 0.409 e. The second kappa shape index (κ2) is 7.57. The minimum atomic E-state index is -0.334. The molecule has 2 aromatic carbocycles. The summed E-state index contributed by atoms with van der Waals surface area (Å²) in [5.41, 5.74) is 3.70. The van der Waals surface area contributed by atoms with E-state index in [2.05, 4.69) is 5.32 Å². The summed E-state index contributed by atoms with van der Waals surface area (Å²) in [7, 11) is 1.38. The Morgan fingerprint density at radius 3 is 2.76 bits per heavy atom. The van der Waals surface area contributed by atoms with Gasteiger partial charge in [0.1, 0.15) is 0 Å². The van der Waals surface area contributed by atoms with Crippen molar-refractivity contribution in [1.29, 1.82) is 0 Å². The number of halogens is 1. The van der Waals surface area contributed by atoms with Crippen LogP contribution >= 0.6 is 11.6 Å². The molecule has 0 saturated heterocycles. The molecule has 0 saturated carbocycles. The van der Waals surface area contributed by atoms with Gasteiger partial charge in [-0.05, 0) is 41.3 Å². The molecule has 1 heterocycles. The van der Waals surface area contributed by atoms with Crippen molar-refractivity contribution < 1.29 is 14.3 Å². The average Bonchev–Trinajstić information content (AvgIpc) is 2.62. The molecule has 1 aliphatic rings. The Morgan fingerprint density at radius 1 is 1.20 bits per heavy atom. The molecule has 2 amide bonds. The summed E-state index contributed by atoms with van der Waals surface area (Å²) < 4.78 is 4.78. The first-order chi connectivity index (χ1) is 12.1. The standard InChI is InChI=1S/C19H19ClN2O3/c1-25-19(24)22-9-8-13-6-7-16(10-15(13)12-22)21-18(23)11-14-4-2-3-5-17(14)20/h2-7,10H,8-9,11-12H2,1H3,(H,21,23). The molecule has 1 N–H and O–H groups in total. The zero-order valence-corrected chi connectivity index (χ0v) is 14.7. The first-order valence-corrected chi connectivity index (χ1v) is 8.42. The molecule has 0 aromatic heterocycles. The Balaban J connectivity index is 1.69. The number of carbonyl (C=O) groups is 2. The second-order valence-electron chi connectivity index (χ2n) is 5.94. The Morgan fingerprint density at radius 2 is 2.00 bits per heavy atom. The molecule has 0 spiro atoms. The number of benzene rings is 2. The van der Waals surface area contributed by atoms with Crippen molar-refractivity contribution in [2.24, 2.45) is 0 Å². The Hall–Kier alpha value is -2.53. The fraction of sp³-hybridized carbons (Fsp3) is 0.263. The van der Waals surface area contributed by atoms with Crippen LogP contribution in [0.1, 0.15) is 16.7 Å². The highest BCUT2D eigenvalue weighted by atomic mass is 35.5. The van der Waals surface area contributed by atoms with Gasteiger partial charge < -0.3 is 15.0 Å². The normalized spacial score (nSPS) is 13.1. The SMILES string of the molecule is COC(=O)N1CCc2ccc(NC(=O)Cc3ccccc3Cl)cc2C1. The predicted octanol–water partition coefficient (Wildman–Crippen LogP) is 3.65. The summed E-state index contributed by atoms with van der Waals surface area (Å²) in [6.45, 7) is 1.12. The number of anilines is 1. The first kappa shape index (κ1) is 17.3. The Labute approximate surface area is 151 Å². The van der Waals surface area contributed by atoms with Crippen LogP contribution in [0.5, 0.6) is 0 Å². The lowest BCUT2D eigenvalue weighted by atomic mass is 9.99. The van der Waals surface area contributed by atoms with Crippen LogP contribution in [-0.4, -0.2) is 30.6 Å². The quantitative estimate of drug-likeness (QED) is 0.911. The van der Waals surface area contributed by atoms with Crippen LogP contribution in [0.3, 0.4) is 0 Å². The molecule has 5 nitrogen and oxygen atoms in total. The molecule has 0 bridgehead atoms. The predicted molar refractivity (Wildman–Crippen MR) is 96.7 cm³/mol. The van der Waals surface area contributed by atoms with E-state index >= 15 is 0 Å². The van der Waals surface area contributed by atoms with Gasteiger partial charge in [-0.3, -0.25) is 4.79 Å². The number of amides is 2. The van der Waals surface area contributed by atoms with Crippen molar-refractivity contribution in [3.63, 3.8) is 0 Å². The van der Waals surface area contributed by atoms with Crippen molar-refractivity contribution in [3.8, 4) is 0 Å². The van der Waals surface area contributed by atoms with Gasteiger partial charge in [-0.15, -0.1) is 0 Å². The number of nitrogens with zero attached hydrogens (tertiary/aromatic N) is 1. The van der Waals surface area contributed by atoms with Crippen molar-refractivity contribution >= 4 is 29.3 Å². The van der Waals surface area contributed by atoms with Crippen LogP contribution in [0.4, 0.5) is 10.5 Å². The van der Waals surface area contributed by atoms with E-state index in [0.29, 0.717) is 23.8 Å². The number of methoxy groups -OCH3 is 1. The van der Waals surface area contributed by atoms with Gasteiger partial charge in [0, 0.05) is 23.8 Å². The number of hydrogen-bond acceptors (Lipinski definition) is 3. The van der Waals surface area contributed by atoms with Gasteiger partial charge in [0.05, 0.1) is 13.5 Å². The van der Waals surface area contributed by atoms with Gasteiger partial charge >= 0.3 is 6.09 Å². The number of fused-ring (bicyclic) bond motifs is 1. The van der Waals surface area contributed by atoms with E-state index in [1.807, 2.05) is 36.4 Å². The summed E-state index contributed by atoms with van der Waals surface area (Å²) in [6.07, 6.45) is 0.655. The maximum Gasteiger partial charge on any atom is 0.409 e. The second-order valence-corrected chi connectivity index (χ2v) is 6.35. The van der Waals surface area contributed by atoms with Crippen molar-refractivity contribution in [2.45, 2.75) is 19.4 Å². The fourth-order valence-corrected chi connectivity index (χ4v) is 3.14. The van der Waals surface area contributed by atoms with Crippen LogP contribution < -0.4 is 5.32 Å². The lowest BCUT2D eigenvalue weighted by Crippen LogP contribution is -2.35. The van der Waals surface area contributed by atoms with E-state index in [1.165, 1.54) is 12.7 Å². The molecule has 6 heteroatoms. The lowest BCUT2D eigenvalue weighted by molar-refractivity contribution is -0.115. The topological polar surface area (TPSA) is 58.6 Å². The monoisotopic (exact) mass is 358 g/mol. The van der Waals surface area contributed by atoms with E-state index < -0.39 is 0 Å². The summed E-state index contributed by atoms with van der Waals surface area (Å²) in [4.78, 5) is 25.6. The number of nitrogens with one attached hydrogen (secondary N) is 1. The number of hydrogen-bond donors (Lipinski definition) is 1. The van der Waals surface area contributed by atoms with Crippen molar-refractivity contribution in [2.75, 3.05) is 19.0 Å². The zero-order valence-electron chi connectivity index (χ0n) is 13.9. The van der Waals surface area contributed by atoms with E-state index in [1.54, 1.807) is 11.0 Å². The molecule has 1 aliphatic heterocycles. The molecule has 0 aliphatic carbocycles. The van der Waals surface area contributed by atoms with Gasteiger partial charge in [-0.2, -0.15) is 0 Å². The zero-order chi connectivity index (χ0) is 17.8. The highest BCUT2D eigenvalue weighted by molar-refractivity contribution is 6.31. The molecule has 0 radical (unpaired) electrons. The molecule has 3 rings (SSSR count). The van der Waals surface area contributed by atoms with Gasteiger partial charge in [-0.1, -0.05) is 35.9 Å². The summed E-state index contributed by atoms with van der Waals surface area (Å²) >= 11 is 6.10. The highest BCUT2D eigenvalue weighted by Gasteiger charge is 2.21. The maximum atomic E-state index is 12.3. The first-order valence-electron chi connectivity index (χ1n) is 8.05. The van der Waals surface area contributed by atoms with Crippen molar-refractivity contribution in [3.05, 3.63) is 64.2 Å². The van der Waals surface area contributed by atoms with Crippen LogP contribution in [0.2, 0.25) is 5.02 Å². The molecular weight excluding hydrogens is 340 g/mol. The van der Waals surface area contributed by atoms with E-state index in [4.69, 9.17) is 16.3 Å². The molecule has 2 aromatic rings. The van der Waals surface area contributed by atoms with Crippen molar-refractivity contribution in [1.82, 2.24) is 4.90 Å². The molecule has 25 heavy (non-hydrogen) atoms. The average molecular weight is 359 g/mol. The summed E-state index contributed by atoms with van der Waals surface area (Å²) in [5, 5.41) is 3.47. The van der Waals surface area contributed by atoms with E-state index in [-0.39, 0.29) is 18.4 Å². The molecular formula is C19H19ClN2O3. The fourth-order valence-electron chi connectivity index (χ4n) is 2.94. The largest absolute Gasteiger partial charge is 0.453 e. The maximum absolute atomic E-state index is 12.3. The van der Waals surface area contributed by atoms with Gasteiger partial charge in [0.25, 0.3) is 0 Å². The van der Waals surface area contributed by atoms with Crippen LogP contribution in [0.25, 0.3) is 0 Å². The minimum Gasteiger partial charge on any atom is -0.453 e. The molecule has 0 unspecified atom stereocenters.